The number of nitrogens with two attached hydrogens (primary N) is 1. The van der Waals surface area contributed by atoms with E-state index < -0.39 is 5.82 Å². The zero-order valence-electron chi connectivity index (χ0n) is 11.0. The Hall–Kier alpha value is -1.65. The summed E-state index contributed by atoms with van der Waals surface area (Å²) in [5.74, 6) is -0.125. The molecule has 0 radical (unpaired) electrons. The number of hydrogen-bond acceptors (Lipinski definition) is 3. The molecule has 0 saturated heterocycles. The molecule has 0 atom stereocenters. The molecule has 3 N–H and O–H groups in total. The first kappa shape index (κ1) is 13.8. The van der Waals surface area contributed by atoms with Crippen LogP contribution in [0.25, 0.3) is 0 Å². The van der Waals surface area contributed by atoms with Gasteiger partial charge in [0, 0.05) is 6.54 Å². The normalized spacial score (nSPS) is 16.3. The van der Waals surface area contributed by atoms with E-state index in [9.17, 15) is 9.18 Å². The third-order valence-corrected chi connectivity index (χ3v) is 3.69. The predicted molar refractivity (Wildman–Crippen MR) is 72.1 cm³/mol. The first-order valence-electron chi connectivity index (χ1n) is 6.86. The lowest BCUT2D eigenvalue weighted by Gasteiger charge is -2.21. The Morgan fingerprint density at radius 1 is 1.42 bits per heavy atom. The summed E-state index contributed by atoms with van der Waals surface area (Å²) in [6.07, 6.45) is 8.40. The van der Waals surface area contributed by atoms with Crippen molar-refractivity contribution in [3.8, 4) is 0 Å². The molecule has 1 heterocycles. The molecule has 1 saturated carbocycles. The van der Waals surface area contributed by atoms with Gasteiger partial charge in [-0.15, -0.1) is 0 Å². The van der Waals surface area contributed by atoms with Crippen LogP contribution in [0.4, 0.5) is 10.2 Å². The van der Waals surface area contributed by atoms with Crippen molar-refractivity contribution in [1.82, 2.24) is 10.3 Å². The molecule has 0 unspecified atom stereocenters. The van der Waals surface area contributed by atoms with E-state index >= 15 is 0 Å². The largest absolute Gasteiger partial charge is 0.383 e. The number of carbonyl (C=O) groups is 1. The van der Waals surface area contributed by atoms with Crippen molar-refractivity contribution < 1.29 is 9.18 Å². The van der Waals surface area contributed by atoms with Gasteiger partial charge in [0.2, 0.25) is 0 Å². The summed E-state index contributed by atoms with van der Waals surface area (Å²) in [6.45, 7) is 0.611. The van der Waals surface area contributed by atoms with Gasteiger partial charge in [-0.2, -0.15) is 0 Å². The minimum Gasteiger partial charge on any atom is -0.383 e. The SMILES string of the molecule is Nc1ncc(F)cc1C(=O)NCCC1CCCCC1. The third kappa shape index (κ3) is 3.91. The van der Waals surface area contributed by atoms with Crippen molar-refractivity contribution in [2.75, 3.05) is 12.3 Å². The van der Waals surface area contributed by atoms with Gasteiger partial charge in [0.25, 0.3) is 5.91 Å². The van der Waals surface area contributed by atoms with E-state index in [1.54, 1.807) is 0 Å². The summed E-state index contributed by atoms with van der Waals surface area (Å²) < 4.78 is 13.0. The first-order valence-corrected chi connectivity index (χ1v) is 6.86. The number of rotatable bonds is 4. The van der Waals surface area contributed by atoms with Gasteiger partial charge >= 0.3 is 0 Å². The Kier molecular flexibility index (Phi) is 4.71. The lowest BCUT2D eigenvalue weighted by molar-refractivity contribution is 0.0950. The van der Waals surface area contributed by atoms with E-state index in [0.29, 0.717) is 12.5 Å². The van der Waals surface area contributed by atoms with E-state index in [-0.39, 0.29) is 17.3 Å². The quantitative estimate of drug-likeness (QED) is 0.879. The second-order valence-corrected chi connectivity index (χ2v) is 5.13. The fourth-order valence-corrected chi connectivity index (χ4v) is 2.59. The zero-order chi connectivity index (χ0) is 13.7. The number of nitrogens with one attached hydrogen (secondary N) is 1. The number of nitrogens with zero attached hydrogens (tertiary/aromatic N) is 1. The van der Waals surface area contributed by atoms with Crippen LogP contribution in [-0.2, 0) is 0 Å². The van der Waals surface area contributed by atoms with Gasteiger partial charge < -0.3 is 11.1 Å². The van der Waals surface area contributed by atoms with Crippen LogP contribution in [0, 0.1) is 11.7 Å². The fourth-order valence-electron chi connectivity index (χ4n) is 2.59. The van der Waals surface area contributed by atoms with Gasteiger partial charge in [-0.1, -0.05) is 32.1 Å². The number of halogens is 1. The molecule has 5 heteroatoms. The predicted octanol–water partition coefficient (Wildman–Crippen LogP) is 2.50. The molecule has 0 bridgehead atoms. The van der Waals surface area contributed by atoms with Crippen LogP contribution in [0.5, 0.6) is 0 Å². The Balaban J connectivity index is 1.82. The van der Waals surface area contributed by atoms with Crippen LogP contribution in [0.15, 0.2) is 12.3 Å². The lowest BCUT2D eigenvalue weighted by atomic mass is 9.87. The molecule has 1 fully saturated rings. The highest BCUT2D eigenvalue weighted by Crippen LogP contribution is 2.25. The minimum absolute atomic E-state index is 0.0663. The maximum Gasteiger partial charge on any atom is 0.255 e. The van der Waals surface area contributed by atoms with Crippen molar-refractivity contribution in [1.29, 1.82) is 0 Å². The molecule has 1 aromatic rings. The topological polar surface area (TPSA) is 68.0 Å². The number of carbonyl (C=O) groups excluding carboxylic acids is 1. The molecule has 0 aromatic carbocycles. The summed E-state index contributed by atoms with van der Waals surface area (Å²) in [7, 11) is 0. The first-order chi connectivity index (χ1) is 9.16. The van der Waals surface area contributed by atoms with Crippen molar-refractivity contribution in [2.24, 2.45) is 5.92 Å². The standard InChI is InChI=1S/C14H20FN3O/c15-11-8-12(13(16)18-9-11)14(19)17-7-6-10-4-2-1-3-5-10/h8-10H,1-7H2,(H2,16,18)(H,17,19). The van der Waals surface area contributed by atoms with Crippen LogP contribution in [0.1, 0.15) is 48.9 Å². The summed E-state index contributed by atoms with van der Waals surface area (Å²) in [5.41, 5.74) is 5.68. The van der Waals surface area contributed by atoms with Gasteiger partial charge in [-0.05, 0) is 18.4 Å². The van der Waals surface area contributed by atoms with E-state index in [0.717, 1.165) is 18.7 Å². The number of aromatic nitrogens is 1. The van der Waals surface area contributed by atoms with Crippen molar-refractivity contribution in [3.63, 3.8) is 0 Å². The third-order valence-electron chi connectivity index (χ3n) is 3.69. The van der Waals surface area contributed by atoms with Crippen molar-refractivity contribution >= 4 is 11.7 Å². The van der Waals surface area contributed by atoms with Gasteiger partial charge in [-0.25, -0.2) is 9.37 Å². The minimum atomic E-state index is -0.549. The van der Waals surface area contributed by atoms with E-state index in [1.807, 2.05) is 0 Å². The molecule has 1 amide bonds. The van der Waals surface area contributed by atoms with Crippen LogP contribution >= 0.6 is 0 Å². The number of amides is 1. The highest BCUT2D eigenvalue weighted by atomic mass is 19.1. The molecular formula is C14H20FN3O. The molecule has 104 valence electrons. The van der Waals surface area contributed by atoms with Crippen LogP contribution in [0.2, 0.25) is 0 Å². The highest BCUT2D eigenvalue weighted by molar-refractivity contribution is 5.98. The molecule has 1 aliphatic rings. The lowest BCUT2D eigenvalue weighted by Crippen LogP contribution is -2.27. The average molecular weight is 265 g/mol. The maximum absolute atomic E-state index is 13.0. The van der Waals surface area contributed by atoms with Crippen LogP contribution in [0.3, 0.4) is 0 Å². The van der Waals surface area contributed by atoms with Crippen molar-refractivity contribution in [3.05, 3.63) is 23.6 Å². The zero-order valence-corrected chi connectivity index (χ0v) is 11.0. The summed E-state index contributed by atoms with van der Waals surface area (Å²) in [4.78, 5) is 15.5. The summed E-state index contributed by atoms with van der Waals surface area (Å²) >= 11 is 0. The van der Waals surface area contributed by atoms with Gasteiger partial charge in [0.1, 0.15) is 11.6 Å². The molecular weight excluding hydrogens is 245 g/mol. The van der Waals surface area contributed by atoms with E-state index in [1.165, 1.54) is 32.1 Å². The van der Waals surface area contributed by atoms with E-state index in [4.69, 9.17) is 5.73 Å². The van der Waals surface area contributed by atoms with Gasteiger partial charge in [0.05, 0.1) is 11.8 Å². The summed E-state index contributed by atoms with van der Waals surface area (Å²) in [6, 6.07) is 1.12. The van der Waals surface area contributed by atoms with E-state index in [2.05, 4.69) is 10.3 Å². The molecule has 0 aliphatic heterocycles. The average Bonchev–Trinajstić information content (AvgIpc) is 2.42. The maximum atomic E-state index is 13.0. The van der Waals surface area contributed by atoms with Gasteiger partial charge in [-0.3, -0.25) is 4.79 Å². The second-order valence-electron chi connectivity index (χ2n) is 5.13. The van der Waals surface area contributed by atoms with Crippen LogP contribution in [-0.4, -0.2) is 17.4 Å². The molecule has 1 aliphatic carbocycles. The number of pyridine rings is 1. The smallest absolute Gasteiger partial charge is 0.255 e. The summed E-state index contributed by atoms with van der Waals surface area (Å²) in [5, 5.41) is 2.79. The number of hydrogen-bond donors (Lipinski definition) is 2. The number of nitrogen functional groups attached to an aromatic ring is 1. The monoisotopic (exact) mass is 265 g/mol. The molecule has 4 nitrogen and oxygen atoms in total. The molecule has 1 aromatic heterocycles. The molecule has 0 spiro atoms. The molecule has 2 rings (SSSR count). The molecule has 19 heavy (non-hydrogen) atoms. The Bertz CT molecular complexity index is 444. The fraction of sp³-hybridized carbons (Fsp3) is 0.571. The Labute approximate surface area is 112 Å². The second kappa shape index (κ2) is 6.50. The van der Waals surface area contributed by atoms with Crippen molar-refractivity contribution in [2.45, 2.75) is 38.5 Å². The van der Waals surface area contributed by atoms with Gasteiger partial charge in [0.15, 0.2) is 0 Å². The number of anilines is 1. The highest BCUT2D eigenvalue weighted by Gasteiger charge is 2.15. The Morgan fingerprint density at radius 2 is 2.16 bits per heavy atom. The van der Waals surface area contributed by atoms with Crippen LogP contribution < -0.4 is 11.1 Å². The Morgan fingerprint density at radius 3 is 2.89 bits per heavy atom.